The maximum Gasteiger partial charge on any atom is 0.295 e. The first kappa shape index (κ1) is 14.7. The molecule has 1 N–H and O–H groups in total. The van der Waals surface area contributed by atoms with E-state index in [0.717, 1.165) is 28.6 Å². The topological polar surface area (TPSA) is 49.4 Å². The summed E-state index contributed by atoms with van der Waals surface area (Å²) in [5, 5.41) is 2.28. The third-order valence-electron chi connectivity index (χ3n) is 3.55. The number of amides is 2. The van der Waals surface area contributed by atoms with Crippen molar-refractivity contribution in [2.75, 3.05) is 10.2 Å². The molecule has 2 aromatic rings. The summed E-state index contributed by atoms with van der Waals surface area (Å²) < 4.78 is 0. The number of benzene rings is 2. The molecule has 0 saturated carbocycles. The van der Waals surface area contributed by atoms with Gasteiger partial charge >= 0.3 is 0 Å². The van der Waals surface area contributed by atoms with Crippen LogP contribution in [0.4, 0.5) is 16.2 Å². The van der Waals surface area contributed by atoms with Crippen LogP contribution in [-0.2, 0) is 4.79 Å². The van der Waals surface area contributed by atoms with Crippen LogP contribution in [0, 0.1) is 13.8 Å². The van der Waals surface area contributed by atoms with E-state index >= 15 is 0 Å². The van der Waals surface area contributed by atoms with Crippen molar-refractivity contribution in [3.63, 3.8) is 0 Å². The van der Waals surface area contributed by atoms with E-state index in [1.54, 1.807) is 6.07 Å². The Balaban J connectivity index is 1.82. The fourth-order valence-corrected chi connectivity index (χ4v) is 3.23. The lowest BCUT2D eigenvalue weighted by Crippen LogP contribution is -2.34. The van der Waals surface area contributed by atoms with Gasteiger partial charge in [-0.25, -0.2) is 4.90 Å². The Morgan fingerprint density at radius 2 is 1.68 bits per heavy atom. The summed E-state index contributed by atoms with van der Waals surface area (Å²) in [6.45, 7) is 3.89. The zero-order chi connectivity index (χ0) is 15.7. The number of imide groups is 1. The Morgan fingerprint density at radius 1 is 1.00 bits per heavy atom. The van der Waals surface area contributed by atoms with Gasteiger partial charge in [0.2, 0.25) is 0 Å². The molecule has 4 nitrogen and oxygen atoms in total. The molecule has 1 saturated heterocycles. The van der Waals surface area contributed by atoms with Crippen LogP contribution in [0.15, 0.2) is 48.5 Å². The average molecular weight is 312 g/mol. The smallest absolute Gasteiger partial charge is 0.295 e. The third kappa shape index (κ3) is 2.72. The fourth-order valence-electron chi connectivity index (χ4n) is 2.33. The first-order valence-electron chi connectivity index (χ1n) is 6.99. The summed E-state index contributed by atoms with van der Waals surface area (Å²) >= 11 is 1.01. The summed E-state index contributed by atoms with van der Waals surface area (Å²) in [6.07, 6.45) is 0. The van der Waals surface area contributed by atoms with E-state index in [9.17, 15) is 9.59 Å². The van der Waals surface area contributed by atoms with Crippen molar-refractivity contribution in [3.05, 3.63) is 59.7 Å². The van der Waals surface area contributed by atoms with Gasteiger partial charge in [0.1, 0.15) is 0 Å². The second-order valence-electron chi connectivity index (χ2n) is 5.23. The summed E-state index contributed by atoms with van der Waals surface area (Å²) in [5.74, 6) is -0.232. The number of aryl methyl sites for hydroxylation is 2. The Hall–Kier alpha value is -2.27. The van der Waals surface area contributed by atoms with Gasteiger partial charge in [0.25, 0.3) is 11.1 Å². The molecule has 1 aliphatic rings. The minimum absolute atomic E-state index is 0.232. The summed E-state index contributed by atoms with van der Waals surface area (Å²) in [7, 11) is 0. The van der Waals surface area contributed by atoms with Crippen LogP contribution in [0.25, 0.3) is 0 Å². The lowest BCUT2D eigenvalue weighted by Gasteiger charge is -2.16. The predicted molar refractivity (Wildman–Crippen MR) is 90.2 cm³/mol. The SMILES string of the molecule is Cc1ccc(N[C@@H]2SC(=O)N(c3ccccc3C)C2=O)cc1. The maximum absolute atomic E-state index is 12.6. The van der Waals surface area contributed by atoms with Crippen molar-refractivity contribution in [2.24, 2.45) is 0 Å². The van der Waals surface area contributed by atoms with E-state index in [1.165, 1.54) is 4.90 Å². The lowest BCUT2D eigenvalue weighted by atomic mass is 10.2. The van der Waals surface area contributed by atoms with Gasteiger partial charge in [-0.05, 0) is 49.4 Å². The molecular formula is C17H16N2O2S. The molecule has 0 spiro atoms. The Labute approximate surface area is 133 Å². The van der Waals surface area contributed by atoms with Crippen LogP contribution in [0.2, 0.25) is 0 Å². The molecule has 112 valence electrons. The molecule has 22 heavy (non-hydrogen) atoms. The molecule has 5 heteroatoms. The monoisotopic (exact) mass is 312 g/mol. The Bertz CT molecular complexity index is 728. The Morgan fingerprint density at radius 3 is 2.36 bits per heavy atom. The number of carbonyl (C=O) groups excluding carboxylic acids is 2. The molecule has 0 aromatic heterocycles. The zero-order valence-corrected chi connectivity index (χ0v) is 13.2. The number of thioether (sulfide) groups is 1. The zero-order valence-electron chi connectivity index (χ0n) is 12.4. The number of anilines is 2. The molecule has 0 aliphatic carbocycles. The number of para-hydroxylation sites is 1. The number of hydrogen-bond acceptors (Lipinski definition) is 4. The largest absolute Gasteiger partial charge is 0.365 e. The van der Waals surface area contributed by atoms with Crippen molar-refractivity contribution >= 4 is 34.3 Å². The second-order valence-corrected chi connectivity index (χ2v) is 6.29. The number of rotatable bonds is 3. The molecule has 3 rings (SSSR count). The van der Waals surface area contributed by atoms with Crippen LogP contribution < -0.4 is 10.2 Å². The molecule has 0 unspecified atom stereocenters. The predicted octanol–water partition coefficient (Wildman–Crippen LogP) is 3.94. The number of nitrogens with one attached hydrogen (secondary N) is 1. The van der Waals surface area contributed by atoms with Gasteiger partial charge in [0.15, 0.2) is 5.37 Å². The minimum atomic E-state index is -0.588. The van der Waals surface area contributed by atoms with E-state index in [-0.39, 0.29) is 11.1 Å². The summed E-state index contributed by atoms with van der Waals surface area (Å²) in [6, 6.07) is 15.1. The number of nitrogens with zero attached hydrogens (tertiary/aromatic N) is 1. The normalized spacial score (nSPS) is 17.9. The van der Waals surface area contributed by atoms with Crippen LogP contribution >= 0.6 is 11.8 Å². The number of carbonyl (C=O) groups is 2. The average Bonchev–Trinajstić information content (AvgIpc) is 2.77. The molecule has 2 amide bonds. The first-order valence-corrected chi connectivity index (χ1v) is 7.87. The molecule has 1 aliphatic heterocycles. The first-order chi connectivity index (χ1) is 10.6. The second kappa shape index (κ2) is 5.85. The maximum atomic E-state index is 12.6. The molecule has 2 aromatic carbocycles. The molecule has 1 heterocycles. The van der Waals surface area contributed by atoms with Crippen molar-refractivity contribution in [1.82, 2.24) is 0 Å². The van der Waals surface area contributed by atoms with E-state index in [1.807, 2.05) is 56.3 Å². The van der Waals surface area contributed by atoms with Crippen molar-refractivity contribution in [2.45, 2.75) is 19.2 Å². The molecule has 0 radical (unpaired) electrons. The van der Waals surface area contributed by atoms with Crippen LogP contribution in [0.5, 0.6) is 0 Å². The van der Waals surface area contributed by atoms with E-state index < -0.39 is 5.37 Å². The van der Waals surface area contributed by atoms with Crippen LogP contribution in [0.1, 0.15) is 11.1 Å². The third-order valence-corrected chi connectivity index (χ3v) is 4.49. The van der Waals surface area contributed by atoms with Crippen molar-refractivity contribution in [3.8, 4) is 0 Å². The van der Waals surface area contributed by atoms with Gasteiger partial charge in [0, 0.05) is 5.69 Å². The number of hydrogen-bond donors (Lipinski definition) is 1. The summed E-state index contributed by atoms with van der Waals surface area (Å²) in [4.78, 5) is 26.0. The molecular weight excluding hydrogens is 296 g/mol. The molecule has 1 fully saturated rings. The summed E-state index contributed by atoms with van der Waals surface area (Å²) in [5.41, 5.74) is 3.53. The minimum Gasteiger partial charge on any atom is -0.365 e. The van der Waals surface area contributed by atoms with Gasteiger partial charge in [-0.3, -0.25) is 9.59 Å². The van der Waals surface area contributed by atoms with Gasteiger partial charge in [0.05, 0.1) is 5.69 Å². The molecule has 1 atom stereocenters. The van der Waals surface area contributed by atoms with E-state index in [2.05, 4.69) is 5.32 Å². The van der Waals surface area contributed by atoms with Crippen LogP contribution in [0.3, 0.4) is 0 Å². The van der Waals surface area contributed by atoms with Gasteiger partial charge in [-0.1, -0.05) is 35.9 Å². The van der Waals surface area contributed by atoms with Crippen LogP contribution in [-0.4, -0.2) is 16.5 Å². The highest BCUT2D eigenvalue weighted by atomic mass is 32.2. The lowest BCUT2D eigenvalue weighted by molar-refractivity contribution is -0.116. The highest BCUT2D eigenvalue weighted by molar-refractivity contribution is 8.16. The molecule has 0 bridgehead atoms. The quantitative estimate of drug-likeness (QED) is 0.932. The highest BCUT2D eigenvalue weighted by Crippen LogP contribution is 2.33. The standard InChI is InChI=1S/C17H16N2O2S/c1-11-7-9-13(10-8-11)18-15-16(20)19(17(21)22-15)14-6-4-3-5-12(14)2/h3-10,15,18H,1-2H3/t15-/m1/s1. The highest BCUT2D eigenvalue weighted by Gasteiger charge is 2.41. The van der Waals surface area contributed by atoms with Gasteiger partial charge in [-0.2, -0.15) is 0 Å². The van der Waals surface area contributed by atoms with E-state index in [0.29, 0.717) is 5.69 Å². The van der Waals surface area contributed by atoms with Crippen molar-refractivity contribution < 1.29 is 9.59 Å². The van der Waals surface area contributed by atoms with Crippen molar-refractivity contribution in [1.29, 1.82) is 0 Å². The Kier molecular flexibility index (Phi) is 3.90. The van der Waals surface area contributed by atoms with E-state index in [4.69, 9.17) is 0 Å². The fraction of sp³-hybridized carbons (Fsp3) is 0.176. The van der Waals surface area contributed by atoms with Gasteiger partial charge in [-0.15, -0.1) is 0 Å². The van der Waals surface area contributed by atoms with Gasteiger partial charge < -0.3 is 5.32 Å².